The number of esters is 1. The van der Waals surface area contributed by atoms with E-state index in [1.807, 2.05) is 42.5 Å². The molecule has 0 N–H and O–H groups in total. The fourth-order valence-electron chi connectivity index (χ4n) is 2.40. The number of amides is 1. The van der Waals surface area contributed by atoms with E-state index in [-0.39, 0.29) is 12.4 Å². The molecule has 0 unspecified atom stereocenters. The fourth-order valence-corrected chi connectivity index (χ4v) is 3.39. The second-order valence-corrected chi connectivity index (χ2v) is 6.27. The molecule has 0 atom stereocenters. The molecule has 0 radical (unpaired) electrons. The standard InChI is InChI=1S/C18H16N2O4S/c1-23-17(21)11-16-19-14-9-8-13(10-15(14)25-16)20(18(22)24-2)12-6-4-3-5-7-12/h3-10H,11H2,1-2H3. The number of hydrogen-bond donors (Lipinski definition) is 0. The first-order chi connectivity index (χ1) is 12.1. The zero-order chi connectivity index (χ0) is 17.8. The van der Waals surface area contributed by atoms with Crippen LogP contribution in [0, 0.1) is 0 Å². The van der Waals surface area contributed by atoms with E-state index in [9.17, 15) is 9.59 Å². The second-order valence-electron chi connectivity index (χ2n) is 5.15. The normalized spacial score (nSPS) is 10.5. The molecule has 0 fully saturated rings. The Morgan fingerprint density at radius 3 is 2.48 bits per heavy atom. The molecule has 25 heavy (non-hydrogen) atoms. The molecule has 6 nitrogen and oxygen atoms in total. The molecular formula is C18H16N2O4S. The Bertz CT molecular complexity index is 908. The summed E-state index contributed by atoms with van der Waals surface area (Å²) in [6.07, 6.45) is -0.352. The first-order valence-corrected chi connectivity index (χ1v) is 8.33. The number of nitrogens with zero attached hydrogens (tertiary/aromatic N) is 2. The Morgan fingerprint density at radius 1 is 1.04 bits per heavy atom. The first kappa shape index (κ1) is 16.9. The van der Waals surface area contributed by atoms with Crippen molar-refractivity contribution in [2.45, 2.75) is 6.42 Å². The Labute approximate surface area is 148 Å². The summed E-state index contributed by atoms with van der Waals surface area (Å²) in [7, 11) is 2.69. The molecule has 0 aliphatic heterocycles. The molecule has 7 heteroatoms. The van der Waals surface area contributed by atoms with Crippen molar-refractivity contribution in [2.24, 2.45) is 0 Å². The van der Waals surface area contributed by atoms with Gasteiger partial charge < -0.3 is 9.47 Å². The van der Waals surface area contributed by atoms with Crippen LogP contribution in [0.4, 0.5) is 16.2 Å². The number of aromatic nitrogens is 1. The topological polar surface area (TPSA) is 68.7 Å². The number of para-hydroxylation sites is 1. The van der Waals surface area contributed by atoms with Gasteiger partial charge in [-0.05, 0) is 30.3 Å². The van der Waals surface area contributed by atoms with Gasteiger partial charge in [-0.15, -0.1) is 11.3 Å². The maximum atomic E-state index is 12.3. The molecule has 1 aromatic heterocycles. The molecule has 0 aliphatic carbocycles. The number of anilines is 2. The average molecular weight is 356 g/mol. The summed E-state index contributed by atoms with van der Waals surface area (Å²) in [6.45, 7) is 0. The molecule has 3 aromatic rings. The van der Waals surface area contributed by atoms with Gasteiger partial charge in [-0.1, -0.05) is 18.2 Å². The first-order valence-electron chi connectivity index (χ1n) is 7.52. The van der Waals surface area contributed by atoms with E-state index in [0.717, 1.165) is 10.2 Å². The average Bonchev–Trinajstić information content (AvgIpc) is 3.04. The van der Waals surface area contributed by atoms with Crippen molar-refractivity contribution in [1.82, 2.24) is 4.98 Å². The maximum Gasteiger partial charge on any atom is 0.418 e. The number of ether oxygens (including phenoxy) is 2. The van der Waals surface area contributed by atoms with Crippen LogP contribution in [-0.2, 0) is 20.7 Å². The number of hydrogen-bond acceptors (Lipinski definition) is 6. The molecule has 2 aromatic carbocycles. The van der Waals surface area contributed by atoms with Gasteiger partial charge in [0.15, 0.2) is 0 Å². The van der Waals surface area contributed by atoms with Crippen molar-refractivity contribution in [3.8, 4) is 0 Å². The number of rotatable bonds is 4. The number of thiazole rings is 1. The lowest BCUT2D eigenvalue weighted by Crippen LogP contribution is -2.25. The van der Waals surface area contributed by atoms with Crippen molar-refractivity contribution < 1.29 is 19.1 Å². The Morgan fingerprint density at radius 2 is 1.80 bits per heavy atom. The van der Waals surface area contributed by atoms with Gasteiger partial charge in [0.25, 0.3) is 0 Å². The molecule has 0 saturated carbocycles. The van der Waals surface area contributed by atoms with Crippen LogP contribution in [-0.4, -0.2) is 31.3 Å². The molecular weight excluding hydrogens is 340 g/mol. The highest BCUT2D eigenvalue weighted by Crippen LogP contribution is 2.31. The minimum absolute atomic E-state index is 0.130. The summed E-state index contributed by atoms with van der Waals surface area (Å²) in [5.74, 6) is -0.334. The Hall–Kier alpha value is -2.93. The predicted molar refractivity (Wildman–Crippen MR) is 96.3 cm³/mol. The van der Waals surface area contributed by atoms with Crippen LogP contribution in [0.5, 0.6) is 0 Å². The van der Waals surface area contributed by atoms with Crippen molar-refractivity contribution in [3.05, 3.63) is 53.5 Å². The second kappa shape index (κ2) is 7.31. The SMILES string of the molecule is COC(=O)Cc1nc2ccc(N(C(=O)OC)c3ccccc3)cc2s1. The van der Waals surface area contributed by atoms with Gasteiger partial charge in [0.05, 0.1) is 42.2 Å². The van der Waals surface area contributed by atoms with Crippen LogP contribution < -0.4 is 4.90 Å². The molecule has 1 heterocycles. The van der Waals surface area contributed by atoms with Gasteiger partial charge >= 0.3 is 12.1 Å². The van der Waals surface area contributed by atoms with Crippen LogP contribution >= 0.6 is 11.3 Å². The Balaban J connectivity index is 2.00. The smallest absolute Gasteiger partial charge is 0.418 e. The lowest BCUT2D eigenvalue weighted by Gasteiger charge is -2.21. The summed E-state index contributed by atoms with van der Waals surface area (Å²) in [5, 5.41) is 0.670. The molecule has 128 valence electrons. The van der Waals surface area contributed by atoms with E-state index >= 15 is 0 Å². The van der Waals surface area contributed by atoms with E-state index in [0.29, 0.717) is 16.4 Å². The number of carbonyl (C=O) groups excluding carboxylic acids is 2. The van der Waals surface area contributed by atoms with E-state index in [2.05, 4.69) is 9.72 Å². The number of fused-ring (bicyclic) bond motifs is 1. The van der Waals surface area contributed by atoms with Gasteiger partial charge in [0.2, 0.25) is 0 Å². The van der Waals surface area contributed by atoms with Gasteiger partial charge in [-0.3, -0.25) is 4.79 Å². The van der Waals surface area contributed by atoms with Crippen LogP contribution in [0.2, 0.25) is 0 Å². The lowest BCUT2D eigenvalue weighted by atomic mass is 10.2. The van der Waals surface area contributed by atoms with Crippen LogP contribution in [0.3, 0.4) is 0 Å². The zero-order valence-corrected chi connectivity index (χ0v) is 14.6. The monoisotopic (exact) mass is 356 g/mol. The van der Waals surface area contributed by atoms with Crippen molar-refractivity contribution in [3.63, 3.8) is 0 Å². The number of carbonyl (C=O) groups is 2. The maximum absolute atomic E-state index is 12.3. The minimum atomic E-state index is -0.482. The van der Waals surface area contributed by atoms with Crippen molar-refractivity contribution >= 4 is 45.0 Å². The largest absolute Gasteiger partial charge is 0.469 e. The van der Waals surface area contributed by atoms with Crippen LogP contribution in [0.15, 0.2) is 48.5 Å². The van der Waals surface area contributed by atoms with E-state index in [4.69, 9.17) is 4.74 Å². The predicted octanol–water partition coefficient (Wildman–Crippen LogP) is 3.92. The summed E-state index contributed by atoms with van der Waals surface area (Å²) in [6, 6.07) is 14.7. The van der Waals surface area contributed by atoms with Crippen molar-refractivity contribution in [1.29, 1.82) is 0 Å². The lowest BCUT2D eigenvalue weighted by molar-refractivity contribution is -0.139. The molecule has 3 rings (SSSR count). The summed E-state index contributed by atoms with van der Waals surface area (Å²) in [4.78, 5) is 29.6. The molecule has 0 aliphatic rings. The molecule has 1 amide bonds. The van der Waals surface area contributed by atoms with Crippen LogP contribution in [0.25, 0.3) is 10.2 Å². The highest BCUT2D eigenvalue weighted by Gasteiger charge is 2.19. The third-order valence-corrected chi connectivity index (χ3v) is 4.59. The highest BCUT2D eigenvalue weighted by molar-refractivity contribution is 7.18. The van der Waals surface area contributed by atoms with Gasteiger partial charge in [0, 0.05) is 0 Å². The summed E-state index contributed by atoms with van der Waals surface area (Å²) in [5.41, 5.74) is 2.14. The third kappa shape index (κ3) is 3.61. The molecule has 0 bridgehead atoms. The zero-order valence-electron chi connectivity index (χ0n) is 13.8. The van der Waals surface area contributed by atoms with Crippen molar-refractivity contribution in [2.75, 3.05) is 19.1 Å². The van der Waals surface area contributed by atoms with Crippen LogP contribution in [0.1, 0.15) is 5.01 Å². The highest BCUT2D eigenvalue weighted by atomic mass is 32.1. The summed E-state index contributed by atoms with van der Waals surface area (Å²) < 4.78 is 10.5. The quantitative estimate of drug-likeness (QED) is 0.663. The fraction of sp³-hybridized carbons (Fsp3) is 0.167. The number of methoxy groups -OCH3 is 2. The van der Waals surface area contributed by atoms with E-state index in [1.165, 1.54) is 30.5 Å². The van der Waals surface area contributed by atoms with Gasteiger partial charge in [-0.2, -0.15) is 0 Å². The minimum Gasteiger partial charge on any atom is -0.469 e. The van der Waals surface area contributed by atoms with Gasteiger partial charge in [0.1, 0.15) is 5.01 Å². The van der Waals surface area contributed by atoms with E-state index in [1.54, 1.807) is 6.07 Å². The molecule has 0 spiro atoms. The summed E-state index contributed by atoms with van der Waals surface area (Å²) >= 11 is 1.40. The Kier molecular flexibility index (Phi) is 4.95. The van der Waals surface area contributed by atoms with E-state index < -0.39 is 6.09 Å². The number of benzene rings is 2. The third-order valence-electron chi connectivity index (χ3n) is 3.57. The molecule has 0 saturated heterocycles. The van der Waals surface area contributed by atoms with Gasteiger partial charge in [-0.25, -0.2) is 14.7 Å².